The summed E-state index contributed by atoms with van der Waals surface area (Å²) in [5.74, 6) is 0.752. The van der Waals surface area contributed by atoms with Gasteiger partial charge in [-0.15, -0.1) is 0 Å². The molecule has 0 fully saturated rings. The van der Waals surface area contributed by atoms with Crippen LogP contribution >= 0.6 is 0 Å². The number of rotatable bonds is 4. The van der Waals surface area contributed by atoms with Crippen molar-refractivity contribution in [3.05, 3.63) is 28.4 Å². The number of hydrogen-bond acceptors (Lipinski definition) is 2. The summed E-state index contributed by atoms with van der Waals surface area (Å²) < 4.78 is 1.68. The molecule has 0 aromatic carbocycles. The molecule has 0 radical (unpaired) electrons. The van der Waals surface area contributed by atoms with Crippen molar-refractivity contribution in [2.24, 2.45) is 5.92 Å². The average molecular weight is 182 g/mol. The van der Waals surface area contributed by atoms with Crippen LogP contribution in [0, 0.1) is 16.0 Å². The zero-order valence-electron chi connectivity index (χ0n) is 7.93. The Kier molecular flexibility index (Phi) is 3.06. The van der Waals surface area contributed by atoms with Gasteiger partial charge in [0.25, 0.3) is 0 Å². The predicted molar refractivity (Wildman–Crippen MR) is 50.5 cm³/mol. The van der Waals surface area contributed by atoms with Crippen LogP contribution in [0.4, 0.5) is 5.82 Å². The summed E-state index contributed by atoms with van der Waals surface area (Å²) in [4.78, 5) is 10.2. The molecule has 0 aliphatic carbocycles. The van der Waals surface area contributed by atoms with Crippen LogP contribution in [0.5, 0.6) is 0 Å². The molecule has 0 saturated carbocycles. The van der Waals surface area contributed by atoms with E-state index in [9.17, 15) is 10.1 Å². The third-order valence-electron chi connectivity index (χ3n) is 1.94. The second-order valence-electron chi connectivity index (χ2n) is 3.50. The summed E-state index contributed by atoms with van der Waals surface area (Å²) in [5, 5.41) is 10.5. The van der Waals surface area contributed by atoms with Gasteiger partial charge in [0.1, 0.15) is 0 Å². The Morgan fingerprint density at radius 2 is 2.31 bits per heavy atom. The fourth-order valence-corrected chi connectivity index (χ4v) is 1.16. The SMILES string of the molecule is CC(C)CCn1cccc1[N+](=O)[O-]. The van der Waals surface area contributed by atoms with Crippen molar-refractivity contribution in [2.45, 2.75) is 26.8 Å². The maximum atomic E-state index is 10.5. The van der Waals surface area contributed by atoms with E-state index in [4.69, 9.17) is 0 Å². The van der Waals surface area contributed by atoms with Crippen molar-refractivity contribution in [1.29, 1.82) is 0 Å². The first-order valence-corrected chi connectivity index (χ1v) is 4.41. The van der Waals surface area contributed by atoms with Crippen LogP contribution in [0.1, 0.15) is 20.3 Å². The molecular formula is C9H14N2O2. The van der Waals surface area contributed by atoms with Crippen molar-refractivity contribution in [3.63, 3.8) is 0 Å². The first-order chi connectivity index (χ1) is 6.11. The molecule has 1 aromatic heterocycles. The van der Waals surface area contributed by atoms with Gasteiger partial charge in [-0.25, -0.2) is 4.57 Å². The highest BCUT2D eigenvalue weighted by molar-refractivity contribution is 5.20. The van der Waals surface area contributed by atoms with Gasteiger partial charge in [-0.2, -0.15) is 0 Å². The predicted octanol–water partition coefficient (Wildman–Crippen LogP) is 2.44. The molecule has 0 N–H and O–H groups in total. The van der Waals surface area contributed by atoms with Crippen molar-refractivity contribution in [3.8, 4) is 0 Å². The maximum absolute atomic E-state index is 10.5. The fourth-order valence-electron chi connectivity index (χ4n) is 1.16. The van der Waals surface area contributed by atoms with E-state index in [1.165, 1.54) is 6.07 Å². The molecule has 1 aromatic rings. The number of aromatic nitrogens is 1. The van der Waals surface area contributed by atoms with Gasteiger partial charge < -0.3 is 10.1 Å². The van der Waals surface area contributed by atoms with Crippen LogP contribution in [0.25, 0.3) is 0 Å². The fraction of sp³-hybridized carbons (Fsp3) is 0.556. The molecule has 0 unspecified atom stereocenters. The monoisotopic (exact) mass is 182 g/mol. The van der Waals surface area contributed by atoms with Crippen LogP contribution in [-0.2, 0) is 6.54 Å². The van der Waals surface area contributed by atoms with Gasteiger partial charge in [-0.3, -0.25) is 0 Å². The minimum absolute atomic E-state index is 0.181. The second kappa shape index (κ2) is 4.07. The van der Waals surface area contributed by atoms with Gasteiger partial charge >= 0.3 is 5.82 Å². The number of aryl methyl sites for hydroxylation is 1. The standard InChI is InChI=1S/C9H14N2O2/c1-8(2)5-7-10-6-3-4-9(10)11(12)13/h3-4,6,8H,5,7H2,1-2H3. The first-order valence-electron chi connectivity index (χ1n) is 4.41. The van der Waals surface area contributed by atoms with Crippen molar-refractivity contribution in [2.75, 3.05) is 0 Å². The second-order valence-corrected chi connectivity index (χ2v) is 3.50. The topological polar surface area (TPSA) is 48.1 Å². The lowest BCUT2D eigenvalue weighted by Crippen LogP contribution is -2.03. The molecule has 1 heterocycles. The Morgan fingerprint density at radius 3 is 2.85 bits per heavy atom. The highest BCUT2D eigenvalue weighted by Crippen LogP contribution is 2.13. The molecule has 13 heavy (non-hydrogen) atoms. The Hall–Kier alpha value is -1.32. The van der Waals surface area contributed by atoms with E-state index >= 15 is 0 Å². The van der Waals surface area contributed by atoms with Gasteiger partial charge in [-0.05, 0) is 23.3 Å². The average Bonchev–Trinajstić information content (AvgIpc) is 2.47. The zero-order valence-corrected chi connectivity index (χ0v) is 7.93. The summed E-state index contributed by atoms with van der Waals surface area (Å²) in [5.41, 5.74) is 0. The molecule has 0 aliphatic heterocycles. The molecule has 0 aliphatic rings. The summed E-state index contributed by atoms with van der Waals surface area (Å²) >= 11 is 0. The van der Waals surface area contributed by atoms with E-state index in [0.29, 0.717) is 5.92 Å². The van der Waals surface area contributed by atoms with E-state index in [2.05, 4.69) is 13.8 Å². The first kappa shape index (κ1) is 9.77. The van der Waals surface area contributed by atoms with E-state index in [-0.39, 0.29) is 10.7 Å². The van der Waals surface area contributed by atoms with E-state index < -0.39 is 0 Å². The smallest absolute Gasteiger partial charge is 0.323 e. The quantitative estimate of drug-likeness (QED) is 0.530. The third-order valence-corrected chi connectivity index (χ3v) is 1.94. The lowest BCUT2D eigenvalue weighted by molar-refractivity contribution is -0.392. The summed E-state index contributed by atoms with van der Waals surface area (Å²) in [6.45, 7) is 4.94. The van der Waals surface area contributed by atoms with Gasteiger partial charge in [0, 0.05) is 6.07 Å². The van der Waals surface area contributed by atoms with Crippen molar-refractivity contribution < 1.29 is 4.92 Å². The van der Waals surface area contributed by atoms with Gasteiger partial charge in [0.15, 0.2) is 0 Å². The molecule has 0 amide bonds. The number of nitro groups is 1. The molecule has 1 rings (SSSR count). The largest absolute Gasteiger partial charge is 0.358 e. The van der Waals surface area contributed by atoms with Crippen LogP contribution in [-0.4, -0.2) is 9.49 Å². The van der Waals surface area contributed by atoms with Crippen LogP contribution < -0.4 is 0 Å². The molecule has 72 valence electrons. The van der Waals surface area contributed by atoms with Crippen LogP contribution in [0.15, 0.2) is 18.3 Å². The molecule has 4 heteroatoms. The zero-order chi connectivity index (χ0) is 9.84. The summed E-state index contributed by atoms with van der Waals surface area (Å²) in [6, 6.07) is 3.23. The molecular weight excluding hydrogens is 168 g/mol. The minimum Gasteiger partial charge on any atom is -0.358 e. The third kappa shape index (κ3) is 2.57. The van der Waals surface area contributed by atoms with Gasteiger partial charge in [-0.1, -0.05) is 13.8 Å². The highest BCUT2D eigenvalue weighted by atomic mass is 16.6. The van der Waals surface area contributed by atoms with Crippen molar-refractivity contribution >= 4 is 5.82 Å². The Labute approximate surface area is 77.3 Å². The number of nitrogens with zero attached hydrogens (tertiary/aromatic N) is 2. The minimum atomic E-state index is -0.347. The highest BCUT2D eigenvalue weighted by Gasteiger charge is 2.10. The van der Waals surface area contributed by atoms with Crippen LogP contribution in [0.2, 0.25) is 0 Å². The lowest BCUT2D eigenvalue weighted by Gasteiger charge is -2.03. The van der Waals surface area contributed by atoms with Gasteiger partial charge in [0.05, 0.1) is 12.7 Å². The Morgan fingerprint density at radius 1 is 1.62 bits per heavy atom. The molecule has 0 atom stereocenters. The number of hydrogen-bond donors (Lipinski definition) is 0. The Bertz CT molecular complexity index is 292. The lowest BCUT2D eigenvalue weighted by atomic mass is 10.1. The van der Waals surface area contributed by atoms with E-state index in [1.54, 1.807) is 16.8 Å². The summed E-state index contributed by atoms with van der Waals surface area (Å²) in [6.07, 6.45) is 2.72. The normalized spacial score (nSPS) is 10.7. The van der Waals surface area contributed by atoms with Crippen LogP contribution in [0.3, 0.4) is 0 Å². The molecule has 4 nitrogen and oxygen atoms in total. The maximum Gasteiger partial charge on any atom is 0.323 e. The Balaban J connectivity index is 2.65. The van der Waals surface area contributed by atoms with Crippen molar-refractivity contribution in [1.82, 2.24) is 4.57 Å². The molecule has 0 bridgehead atoms. The van der Waals surface area contributed by atoms with E-state index in [1.807, 2.05) is 0 Å². The molecule has 0 spiro atoms. The van der Waals surface area contributed by atoms with E-state index in [0.717, 1.165) is 13.0 Å². The molecule has 0 saturated heterocycles. The summed E-state index contributed by atoms with van der Waals surface area (Å²) in [7, 11) is 0. The van der Waals surface area contributed by atoms with Gasteiger partial charge in [0.2, 0.25) is 0 Å².